The van der Waals surface area contributed by atoms with Crippen molar-refractivity contribution in [3.05, 3.63) is 35.2 Å². The van der Waals surface area contributed by atoms with Gasteiger partial charge in [-0.05, 0) is 31.0 Å². The quantitative estimate of drug-likeness (QED) is 0.937. The van der Waals surface area contributed by atoms with Crippen molar-refractivity contribution in [2.45, 2.75) is 36.7 Å². The normalized spacial score (nSPS) is 11.1. The maximum Gasteiger partial charge on any atom is 0.335 e. The second-order valence-corrected chi connectivity index (χ2v) is 5.97. The van der Waals surface area contributed by atoms with Gasteiger partial charge >= 0.3 is 5.97 Å². The van der Waals surface area contributed by atoms with Gasteiger partial charge in [-0.1, -0.05) is 25.6 Å². The summed E-state index contributed by atoms with van der Waals surface area (Å²) in [6, 6.07) is 5.18. The van der Waals surface area contributed by atoms with Crippen LogP contribution in [-0.4, -0.2) is 25.8 Å². The standard InChI is InChI=1S/C14H17N3O2S/c1-8(2)11-6-10(14(18)19)7-12(15-11)20-13-5-9(3)16-17(13)4/h5-8H,1-4H3,(H,18,19). The third-order valence-electron chi connectivity index (χ3n) is 2.83. The van der Waals surface area contributed by atoms with E-state index in [1.807, 2.05) is 33.9 Å². The Kier molecular flexibility index (Phi) is 4.13. The van der Waals surface area contributed by atoms with E-state index >= 15 is 0 Å². The average molecular weight is 291 g/mol. The van der Waals surface area contributed by atoms with E-state index in [2.05, 4.69) is 10.1 Å². The molecule has 0 saturated carbocycles. The van der Waals surface area contributed by atoms with Crippen LogP contribution in [0.1, 0.15) is 41.5 Å². The maximum atomic E-state index is 11.2. The zero-order valence-electron chi connectivity index (χ0n) is 11.9. The molecule has 1 N–H and O–H groups in total. The molecular weight excluding hydrogens is 274 g/mol. The molecule has 0 aliphatic heterocycles. The fraction of sp³-hybridized carbons (Fsp3) is 0.357. The van der Waals surface area contributed by atoms with Crippen molar-refractivity contribution in [3.8, 4) is 0 Å². The van der Waals surface area contributed by atoms with Crippen molar-refractivity contribution in [2.75, 3.05) is 0 Å². The second kappa shape index (κ2) is 5.66. The van der Waals surface area contributed by atoms with Crippen LogP contribution in [0.3, 0.4) is 0 Å². The molecule has 0 amide bonds. The largest absolute Gasteiger partial charge is 0.478 e. The van der Waals surface area contributed by atoms with Crippen LogP contribution in [0.2, 0.25) is 0 Å². The predicted molar refractivity (Wildman–Crippen MR) is 77.4 cm³/mol. The van der Waals surface area contributed by atoms with Gasteiger partial charge in [-0.3, -0.25) is 4.68 Å². The summed E-state index contributed by atoms with van der Waals surface area (Å²) < 4.78 is 1.77. The Labute approximate surface area is 122 Å². The van der Waals surface area contributed by atoms with Crippen molar-refractivity contribution in [2.24, 2.45) is 7.05 Å². The zero-order chi connectivity index (χ0) is 14.9. The lowest BCUT2D eigenvalue weighted by Crippen LogP contribution is -2.03. The molecule has 0 spiro atoms. The molecule has 2 aromatic rings. The van der Waals surface area contributed by atoms with Crippen LogP contribution in [0.25, 0.3) is 0 Å². The lowest BCUT2D eigenvalue weighted by Gasteiger charge is -2.09. The van der Waals surface area contributed by atoms with Gasteiger partial charge < -0.3 is 5.11 Å². The number of hydrogen-bond acceptors (Lipinski definition) is 4. The van der Waals surface area contributed by atoms with Crippen molar-refractivity contribution in [1.29, 1.82) is 0 Å². The maximum absolute atomic E-state index is 11.2. The average Bonchev–Trinajstić information content (AvgIpc) is 2.67. The molecule has 6 heteroatoms. The second-order valence-electron chi connectivity index (χ2n) is 4.93. The fourth-order valence-corrected chi connectivity index (χ4v) is 2.74. The number of carboxylic acid groups (broad SMARTS) is 1. The first kappa shape index (κ1) is 14.6. The summed E-state index contributed by atoms with van der Waals surface area (Å²) >= 11 is 1.42. The van der Waals surface area contributed by atoms with E-state index in [0.717, 1.165) is 16.4 Å². The summed E-state index contributed by atoms with van der Waals surface area (Å²) in [6.45, 7) is 5.91. The molecule has 0 aliphatic carbocycles. The molecule has 0 radical (unpaired) electrons. The number of carboxylic acids is 1. The molecule has 0 aliphatic rings. The molecule has 0 fully saturated rings. The van der Waals surface area contributed by atoms with Crippen LogP contribution in [0.5, 0.6) is 0 Å². The molecule has 2 heterocycles. The smallest absolute Gasteiger partial charge is 0.335 e. The number of aromatic carboxylic acids is 1. The molecule has 0 unspecified atom stereocenters. The van der Waals surface area contributed by atoms with Crippen molar-refractivity contribution < 1.29 is 9.90 Å². The highest BCUT2D eigenvalue weighted by Gasteiger charge is 2.13. The SMILES string of the molecule is Cc1cc(Sc2cc(C(=O)O)cc(C(C)C)n2)n(C)n1. The molecule has 20 heavy (non-hydrogen) atoms. The number of nitrogens with zero attached hydrogens (tertiary/aromatic N) is 3. The minimum Gasteiger partial charge on any atom is -0.478 e. The van der Waals surface area contributed by atoms with E-state index in [-0.39, 0.29) is 11.5 Å². The van der Waals surface area contributed by atoms with E-state index in [9.17, 15) is 9.90 Å². The lowest BCUT2D eigenvalue weighted by atomic mass is 10.1. The van der Waals surface area contributed by atoms with Crippen LogP contribution >= 0.6 is 11.8 Å². The number of aryl methyl sites for hydroxylation is 2. The van der Waals surface area contributed by atoms with Gasteiger partial charge in [-0.15, -0.1) is 0 Å². The number of carbonyl (C=O) groups is 1. The highest BCUT2D eigenvalue weighted by Crippen LogP contribution is 2.28. The molecule has 0 atom stereocenters. The number of hydrogen-bond donors (Lipinski definition) is 1. The van der Waals surface area contributed by atoms with Crippen LogP contribution in [-0.2, 0) is 7.05 Å². The summed E-state index contributed by atoms with van der Waals surface area (Å²) in [5, 5.41) is 15.1. The highest BCUT2D eigenvalue weighted by molar-refractivity contribution is 7.99. The van der Waals surface area contributed by atoms with Gasteiger partial charge in [0.1, 0.15) is 10.1 Å². The first-order valence-electron chi connectivity index (χ1n) is 6.30. The van der Waals surface area contributed by atoms with Crippen LogP contribution < -0.4 is 0 Å². The Morgan fingerprint density at radius 3 is 2.55 bits per heavy atom. The molecule has 106 valence electrons. The van der Waals surface area contributed by atoms with Crippen LogP contribution in [0.4, 0.5) is 0 Å². The van der Waals surface area contributed by atoms with Gasteiger partial charge in [0.15, 0.2) is 0 Å². The van der Waals surface area contributed by atoms with Gasteiger partial charge in [0.2, 0.25) is 0 Å². The van der Waals surface area contributed by atoms with Crippen LogP contribution in [0.15, 0.2) is 28.3 Å². The zero-order valence-corrected chi connectivity index (χ0v) is 12.7. The van der Waals surface area contributed by atoms with Crippen molar-refractivity contribution in [3.63, 3.8) is 0 Å². The molecule has 0 saturated heterocycles. The number of aromatic nitrogens is 3. The first-order valence-corrected chi connectivity index (χ1v) is 7.12. The van der Waals surface area contributed by atoms with Gasteiger partial charge in [0.05, 0.1) is 11.3 Å². The first-order chi connectivity index (χ1) is 9.36. The topological polar surface area (TPSA) is 68.0 Å². The molecule has 5 nitrogen and oxygen atoms in total. The van der Waals surface area contributed by atoms with Gasteiger partial charge in [-0.25, -0.2) is 9.78 Å². The summed E-state index contributed by atoms with van der Waals surface area (Å²) in [4.78, 5) is 15.7. The number of rotatable bonds is 4. The van der Waals surface area contributed by atoms with Gasteiger partial charge in [0.25, 0.3) is 0 Å². The van der Waals surface area contributed by atoms with E-state index in [0.29, 0.717) is 5.03 Å². The van der Waals surface area contributed by atoms with E-state index in [1.54, 1.807) is 16.8 Å². The highest BCUT2D eigenvalue weighted by atomic mass is 32.2. The molecule has 2 rings (SSSR count). The molecule has 0 aromatic carbocycles. The lowest BCUT2D eigenvalue weighted by molar-refractivity contribution is 0.0696. The summed E-state index contributed by atoms with van der Waals surface area (Å²) in [7, 11) is 1.86. The van der Waals surface area contributed by atoms with E-state index < -0.39 is 5.97 Å². The Balaban J connectivity index is 2.40. The summed E-state index contributed by atoms with van der Waals surface area (Å²) in [6.07, 6.45) is 0. The van der Waals surface area contributed by atoms with Crippen molar-refractivity contribution in [1.82, 2.24) is 14.8 Å². The minimum atomic E-state index is -0.933. The van der Waals surface area contributed by atoms with E-state index in [4.69, 9.17) is 0 Å². The Morgan fingerprint density at radius 2 is 2.05 bits per heavy atom. The molecular formula is C14H17N3O2S. The Bertz CT molecular complexity index is 650. The Hall–Kier alpha value is -1.82. The molecule has 0 bridgehead atoms. The number of pyridine rings is 1. The van der Waals surface area contributed by atoms with Gasteiger partial charge in [-0.2, -0.15) is 5.10 Å². The third kappa shape index (κ3) is 3.19. The molecule has 2 aromatic heterocycles. The monoisotopic (exact) mass is 291 g/mol. The van der Waals surface area contributed by atoms with E-state index in [1.165, 1.54) is 11.8 Å². The predicted octanol–water partition coefficient (Wildman–Crippen LogP) is 3.10. The van der Waals surface area contributed by atoms with Crippen LogP contribution in [0, 0.1) is 6.92 Å². The fourth-order valence-electron chi connectivity index (χ4n) is 1.79. The third-order valence-corrected chi connectivity index (χ3v) is 3.84. The Morgan fingerprint density at radius 1 is 1.35 bits per heavy atom. The summed E-state index contributed by atoms with van der Waals surface area (Å²) in [5.41, 5.74) is 1.98. The van der Waals surface area contributed by atoms with Crippen molar-refractivity contribution >= 4 is 17.7 Å². The minimum absolute atomic E-state index is 0.182. The van der Waals surface area contributed by atoms with Gasteiger partial charge in [0, 0.05) is 12.7 Å². The summed E-state index contributed by atoms with van der Waals surface area (Å²) in [5.74, 6) is -0.751.